The largest absolute Gasteiger partial charge is 0.484 e. The third-order valence-corrected chi connectivity index (χ3v) is 3.52. The van der Waals surface area contributed by atoms with E-state index in [9.17, 15) is 13.2 Å². The molecule has 0 aromatic heterocycles. The van der Waals surface area contributed by atoms with Crippen molar-refractivity contribution in [3.05, 3.63) is 29.3 Å². The molecule has 0 fully saturated rings. The number of ether oxygens (including phenoxy) is 2. The van der Waals surface area contributed by atoms with Gasteiger partial charge in [0.05, 0.1) is 5.60 Å². The maximum absolute atomic E-state index is 12.4. The fourth-order valence-corrected chi connectivity index (χ4v) is 1.87. The number of hydrogen-bond acceptors (Lipinski definition) is 3. The van der Waals surface area contributed by atoms with Gasteiger partial charge in [0.2, 0.25) is 0 Å². The van der Waals surface area contributed by atoms with Crippen LogP contribution in [0.4, 0.5) is 13.2 Å². The maximum Gasteiger partial charge on any atom is 0.422 e. The summed E-state index contributed by atoms with van der Waals surface area (Å²) in [6, 6.07) is 5.15. The Balaban J connectivity index is 2.71. The van der Waals surface area contributed by atoms with Crippen molar-refractivity contribution in [3.63, 3.8) is 0 Å². The van der Waals surface area contributed by atoms with Crippen molar-refractivity contribution in [1.29, 1.82) is 0 Å². The topological polar surface area (TPSA) is 54.9 Å². The van der Waals surface area contributed by atoms with Crippen molar-refractivity contribution < 1.29 is 22.6 Å². The van der Waals surface area contributed by atoms with Gasteiger partial charge in [-0.25, -0.2) is 0 Å². The molecule has 0 amide bonds. The van der Waals surface area contributed by atoms with Gasteiger partial charge in [-0.2, -0.15) is 13.2 Å². The van der Waals surface area contributed by atoms with E-state index in [4.69, 9.17) is 9.47 Å². The fraction of sp³-hybridized carbons (Fsp3) is 0.588. The average Bonchev–Trinajstić information content (AvgIpc) is 2.53. The summed E-state index contributed by atoms with van der Waals surface area (Å²) in [6.07, 6.45) is -4.38. The minimum Gasteiger partial charge on any atom is -0.484 e. The van der Waals surface area contributed by atoms with Gasteiger partial charge in [0.15, 0.2) is 12.6 Å². The first-order chi connectivity index (χ1) is 11.6. The highest BCUT2D eigenvalue weighted by Crippen LogP contribution is 2.23. The Labute approximate surface area is 146 Å². The molecule has 0 unspecified atom stereocenters. The summed E-state index contributed by atoms with van der Waals surface area (Å²) >= 11 is 0. The number of rotatable bonds is 7. The highest BCUT2D eigenvalue weighted by molar-refractivity contribution is 5.79. The molecule has 0 aliphatic rings. The molecule has 25 heavy (non-hydrogen) atoms. The van der Waals surface area contributed by atoms with Gasteiger partial charge in [0.1, 0.15) is 5.75 Å². The summed E-state index contributed by atoms with van der Waals surface area (Å²) in [5.41, 5.74) is 1.07. The van der Waals surface area contributed by atoms with Crippen molar-refractivity contribution in [3.8, 4) is 5.75 Å². The predicted octanol–water partition coefficient (Wildman–Crippen LogP) is 3.03. The van der Waals surface area contributed by atoms with E-state index in [1.807, 2.05) is 19.9 Å². The lowest BCUT2D eigenvalue weighted by molar-refractivity contribution is -0.153. The second-order valence-electron chi connectivity index (χ2n) is 6.26. The van der Waals surface area contributed by atoms with Crippen LogP contribution in [0.3, 0.4) is 0 Å². The number of aliphatic imine (C=N–C) groups is 1. The highest BCUT2D eigenvalue weighted by Gasteiger charge is 2.28. The Morgan fingerprint density at radius 1 is 1.20 bits per heavy atom. The van der Waals surface area contributed by atoms with E-state index in [2.05, 4.69) is 15.6 Å². The second kappa shape index (κ2) is 8.94. The van der Waals surface area contributed by atoms with Crippen LogP contribution in [0, 0.1) is 6.92 Å². The first-order valence-electron chi connectivity index (χ1n) is 7.85. The van der Waals surface area contributed by atoms with Crippen LogP contribution >= 0.6 is 0 Å². The number of nitrogens with one attached hydrogen (secondary N) is 2. The molecule has 2 N–H and O–H groups in total. The lowest BCUT2D eigenvalue weighted by atomic mass is 10.1. The third-order valence-electron chi connectivity index (χ3n) is 3.52. The lowest BCUT2D eigenvalue weighted by Crippen LogP contribution is -2.45. The zero-order chi connectivity index (χ0) is 19.1. The van der Waals surface area contributed by atoms with Gasteiger partial charge in [-0.05, 0) is 32.4 Å². The normalized spacial score (nSPS) is 12.9. The van der Waals surface area contributed by atoms with Crippen LogP contribution in [0.1, 0.15) is 25.0 Å². The molecule has 0 atom stereocenters. The first kappa shape index (κ1) is 21.1. The Morgan fingerprint density at radius 2 is 1.88 bits per heavy atom. The molecule has 142 valence electrons. The molecule has 0 saturated carbocycles. The van der Waals surface area contributed by atoms with Crippen LogP contribution in [0.5, 0.6) is 5.75 Å². The van der Waals surface area contributed by atoms with Gasteiger partial charge >= 0.3 is 6.18 Å². The Morgan fingerprint density at radius 3 is 2.44 bits per heavy atom. The maximum atomic E-state index is 12.4. The van der Waals surface area contributed by atoms with E-state index in [0.29, 0.717) is 18.1 Å². The minimum absolute atomic E-state index is 0.206. The minimum atomic E-state index is -4.38. The van der Waals surface area contributed by atoms with Crippen molar-refractivity contribution in [1.82, 2.24) is 10.6 Å². The Kier molecular flexibility index (Phi) is 7.54. The third kappa shape index (κ3) is 8.11. The quantitative estimate of drug-likeness (QED) is 0.579. The number of guanidine groups is 1. The number of aryl methyl sites for hydroxylation is 1. The second-order valence-corrected chi connectivity index (χ2v) is 6.26. The SMILES string of the molecule is CN=C(NCc1ccc(C)cc1OCC(F)(F)F)NCC(C)(C)OC. The van der Waals surface area contributed by atoms with Gasteiger partial charge in [0, 0.05) is 32.8 Å². The van der Waals surface area contributed by atoms with E-state index < -0.39 is 12.8 Å². The van der Waals surface area contributed by atoms with E-state index in [0.717, 1.165) is 5.56 Å². The van der Waals surface area contributed by atoms with Gasteiger partial charge in [0.25, 0.3) is 0 Å². The summed E-state index contributed by atoms with van der Waals surface area (Å²) in [5, 5.41) is 6.17. The fourth-order valence-electron chi connectivity index (χ4n) is 1.87. The van der Waals surface area contributed by atoms with Gasteiger partial charge < -0.3 is 20.1 Å². The molecule has 0 aliphatic heterocycles. The van der Waals surface area contributed by atoms with E-state index >= 15 is 0 Å². The molecule has 0 bridgehead atoms. The zero-order valence-corrected chi connectivity index (χ0v) is 15.3. The van der Waals surface area contributed by atoms with Crippen LogP contribution < -0.4 is 15.4 Å². The molecule has 0 spiro atoms. The molecule has 0 aliphatic carbocycles. The van der Waals surface area contributed by atoms with Crippen LogP contribution in [0.15, 0.2) is 23.2 Å². The summed E-state index contributed by atoms with van der Waals surface area (Å²) in [6.45, 7) is 5.13. The molecule has 1 aromatic rings. The standard InChI is InChI=1S/C17H26F3N3O2/c1-12-6-7-13(14(8-12)25-11-17(18,19)20)9-22-15(21-4)23-10-16(2,3)24-5/h6-8H,9-11H2,1-5H3,(H2,21,22,23). The molecule has 0 radical (unpaired) electrons. The summed E-state index contributed by atoms with van der Waals surface area (Å²) in [5.74, 6) is 0.727. The predicted molar refractivity (Wildman–Crippen MR) is 92.0 cm³/mol. The summed E-state index contributed by atoms with van der Waals surface area (Å²) in [7, 11) is 3.24. The molecule has 0 heterocycles. The van der Waals surface area contributed by atoms with Crippen molar-refractivity contribution in [2.45, 2.75) is 39.1 Å². The van der Waals surface area contributed by atoms with Crippen LogP contribution in [-0.4, -0.2) is 45.0 Å². The summed E-state index contributed by atoms with van der Waals surface area (Å²) in [4.78, 5) is 4.09. The number of halogens is 3. The van der Waals surface area contributed by atoms with E-state index in [1.54, 1.807) is 33.2 Å². The number of hydrogen-bond donors (Lipinski definition) is 2. The van der Waals surface area contributed by atoms with E-state index in [1.165, 1.54) is 0 Å². The first-order valence-corrected chi connectivity index (χ1v) is 7.85. The van der Waals surface area contributed by atoms with Crippen LogP contribution in [0.25, 0.3) is 0 Å². The molecule has 5 nitrogen and oxygen atoms in total. The Hall–Kier alpha value is -1.96. The van der Waals surface area contributed by atoms with Crippen molar-refractivity contribution >= 4 is 5.96 Å². The van der Waals surface area contributed by atoms with E-state index in [-0.39, 0.29) is 17.9 Å². The van der Waals surface area contributed by atoms with Crippen molar-refractivity contribution in [2.75, 3.05) is 27.3 Å². The van der Waals surface area contributed by atoms with Crippen LogP contribution in [0.2, 0.25) is 0 Å². The zero-order valence-electron chi connectivity index (χ0n) is 15.3. The number of nitrogens with zero attached hydrogens (tertiary/aromatic N) is 1. The smallest absolute Gasteiger partial charge is 0.422 e. The summed E-state index contributed by atoms with van der Waals surface area (Å²) < 4.78 is 47.5. The van der Waals surface area contributed by atoms with Crippen molar-refractivity contribution in [2.24, 2.45) is 4.99 Å². The van der Waals surface area contributed by atoms with Gasteiger partial charge in [-0.3, -0.25) is 4.99 Å². The van der Waals surface area contributed by atoms with Gasteiger partial charge in [-0.15, -0.1) is 0 Å². The number of alkyl halides is 3. The monoisotopic (exact) mass is 361 g/mol. The molecule has 1 aromatic carbocycles. The highest BCUT2D eigenvalue weighted by atomic mass is 19.4. The molecule has 0 saturated heterocycles. The number of benzene rings is 1. The number of methoxy groups -OCH3 is 1. The molecule has 1 rings (SSSR count). The van der Waals surface area contributed by atoms with Gasteiger partial charge in [-0.1, -0.05) is 12.1 Å². The Bertz CT molecular complexity index is 587. The molecule has 8 heteroatoms. The molecular formula is C17H26F3N3O2. The van der Waals surface area contributed by atoms with Crippen LogP contribution in [-0.2, 0) is 11.3 Å². The lowest BCUT2D eigenvalue weighted by Gasteiger charge is -2.24. The molecular weight excluding hydrogens is 335 g/mol. The average molecular weight is 361 g/mol.